The molecule has 2 heterocycles. The van der Waals surface area contributed by atoms with Crippen LogP contribution < -0.4 is 5.32 Å². The van der Waals surface area contributed by atoms with Gasteiger partial charge in [0.05, 0.1) is 13.2 Å². The van der Waals surface area contributed by atoms with Gasteiger partial charge in [-0.25, -0.2) is 0 Å². The average molecular weight is 334 g/mol. The van der Waals surface area contributed by atoms with Crippen LogP contribution in [0.1, 0.15) is 67.1 Å². The lowest BCUT2D eigenvalue weighted by Crippen LogP contribution is -2.53. The van der Waals surface area contributed by atoms with Gasteiger partial charge in [0.1, 0.15) is 6.04 Å². The van der Waals surface area contributed by atoms with Crippen molar-refractivity contribution in [3.05, 3.63) is 34.9 Å². The summed E-state index contributed by atoms with van der Waals surface area (Å²) in [7, 11) is 0.500. The maximum Gasteiger partial charge on any atom is 0.255 e. The summed E-state index contributed by atoms with van der Waals surface area (Å²) in [6, 6.07) is 5.18. The van der Waals surface area contributed by atoms with Gasteiger partial charge in [0.15, 0.2) is 0 Å². The highest BCUT2D eigenvalue weighted by molar-refractivity contribution is 6.06. The molecule has 2 unspecified atom stereocenters. The predicted octanol–water partition coefficient (Wildman–Crippen LogP) is 2.72. The van der Waals surface area contributed by atoms with Crippen LogP contribution in [-0.4, -0.2) is 35.8 Å². The second kappa shape index (κ2) is 7.11. The van der Waals surface area contributed by atoms with Gasteiger partial charge in [-0.15, -0.1) is 0 Å². The quantitative estimate of drug-likeness (QED) is 0.846. The average Bonchev–Trinajstić information content (AvgIpc) is 2.81. The Morgan fingerprint density at radius 2 is 1.88 bits per heavy atom. The summed E-state index contributed by atoms with van der Waals surface area (Å²) in [6.45, 7) is 6.06. The largest absolute Gasteiger partial charge is 0.320 e. The van der Waals surface area contributed by atoms with Gasteiger partial charge >= 0.3 is 0 Å². The van der Waals surface area contributed by atoms with Crippen molar-refractivity contribution in [2.24, 2.45) is 0 Å². The normalized spacial score (nSPS) is 22.9. The monoisotopic (exact) mass is 334 g/mol. The van der Waals surface area contributed by atoms with E-state index in [1.165, 1.54) is 0 Å². The molecule has 1 N–H and O–H groups in total. The molecule has 3 amide bonds. The summed E-state index contributed by atoms with van der Waals surface area (Å²) in [5.74, 6) is -0.481. The third-order valence-corrected chi connectivity index (χ3v) is 4.61. The van der Waals surface area contributed by atoms with E-state index in [1.807, 2.05) is 25.1 Å². The second-order valence-corrected chi connectivity index (χ2v) is 6.32. The molecule has 1 fully saturated rings. The van der Waals surface area contributed by atoms with E-state index in [0.717, 1.165) is 16.7 Å². The summed E-state index contributed by atoms with van der Waals surface area (Å²) in [4.78, 5) is 38.0. The van der Waals surface area contributed by atoms with E-state index in [1.54, 1.807) is 4.90 Å². The maximum absolute atomic E-state index is 12.9. The number of halogens is 1. The van der Waals surface area contributed by atoms with E-state index in [2.05, 4.69) is 19.2 Å². The Labute approximate surface area is 141 Å². The number of hydrogen-bond acceptors (Lipinski definition) is 3. The number of carbonyl (C=O) groups excluding carboxylic acids is 3. The number of piperidine rings is 1. The lowest BCUT2D eigenvalue weighted by molar-refractivity contribution is -0.137. The van der Waals surface area contributed by atoms with Crippen molar-refractivity contribution in [1.29, 1.82) is 0 Å². The molecule has 3 rings (SSSR count). The minimum absolute atomic E-state index is 0.0960. The van der Waals surface area contributed by atoms with Crippen LogP contribution in [0.5, 0.6) is 0 Å². The van der Waals surface area contributed by atoms with Gasteiger partial charge in [-0.05, 0) is 30.4 Å². The molecule has 2 aliphatic heterocycles. The third kappa shape index (κ3) is 2.92. The molecule has 0 spiro atoms. The van der Waals surface area contributed by atoms with Crippen molar-refractivity contribution in [2.45, 2.75) is 51.6 Å². The topological polar surface area (TPSA) is 66.5 Å². The Balaban J connectivity index is 0.00000100. The lowest BCUT2D eigenvalue weighted by Gasteiger charge is -2.32. The molecule has 1 aromatic carbocycles. The van der Waals surface area contributed by atoms with Crippen LogP contribution in [0.25, 0.3) is 0 Å². The third-order valence-electron chi connectivity index (χ3n) is 4.61. The molecule has 0 saturated carbocycles. The maximum atomic E-state index is 12.9. The van der Waals surface area contributed by atoms with Crippen LogP contribution in [0.15, 0.2) is 18.2 Å². The van der Waals surface area contributed by atoms with Crippen molar-refractivity contribution in [1.82, 2.24) is 10.2 Å². The Morgan fingerprint density at radius 1 is 1.21 bits per heavy atom. The highest BCUT2D eigenvalue weighted by atomic mass is 19.1. The van der Waals surface area contributed by atoms with Crippen LogP contribution in [0, 0.1) is 0 Å². The molecule has 24 heavy (non-hydrogen) atoms. The Kier molecular flexibility index (Phi) is 5.36. The van der Waals surface area contributed by atoms with Gasteiger partial charge in [-0.1, -0.05) is 32.0 Å². The molecule has 130 valence electrons. The van der Waals surface area contributed by atoms with Crippen LogP contribution in [0.2, 0.25) is 0 Å². The molecule has 0 radical (unpaired) electrons. The summed E-state index contributed by atoms with van der Waals surface area (Å²) >= 11 is 0. The summed E-state index contributed by atoms with van der Waals surface area (Å²) in [6.07, 6.45) is 0.673. The fourth-order valence-electron chi connectivity index (χ4n) is 3.48. The molecule has 2 atom stereocenters. The molecule has 1 saturated heterocycles. The highest BCUT2D eigenvalue weighted by Gasteiger charge is 2.44. The number of fused-ring (bicyclic) bond motifs is 1. The van der Waals surface area contributed by atoms with Crippen LogP contribution >= 0.6 is 0 Å². The minimum Gasteiger partial charge on any atom is -0.320 e. The summed E-state index contributed by atoms with van der Waals surface area (Å²) in [5, 5.41) is 2.34. The highest BCUT2D eigenvalue weighted by Crippen LogP contribution is 2.39. The number of benzene rings is 1. The Morgan fingerprint density at radius 3 is 2.46 bits per heavy atom. The van der Waals surface area contributed by atoms with E-state index in [0.29, 0.717) is 13.6 Å². The van der Waals surface area contributed by atoms with Crippen molar-refractivity contribution in [3.63, 3.8) is 0 Å². The zero-order valence-electron chi connectivity index (χ0n) is 14.4. The standard InChI is InChI=1S/C17H20N2O3.CH3F/c1-9(2)11-5-4-6-12-10(3)19(17(22)15(11)12)13-7-8-14(20)18-16(13)21;1-2/h4-6,9-10,13H,7-8H2,1-3H3,(H,18,20,21);1H3. The number of alkyl halides is 1. The molecule has 0 bridgehead atoms. The smallest absolute Gasteiger partial charge is 0.255 e. The number of carbonyl (C=O) groups is 3. The molecule has 5 nitrogen and oxygen atoms in total. The van der Waals surface area contributed by atoms with Gasteiger partial charge in [-0.2, -0.15) is 0 Å². The van der Waals surface area contributed by atoms with Crippen molar-refractivity contribution >= 4 is 17.7 Å². The first-order valence-corrected chi connectivity index (χ1v) is 8.08. The SMILES string of the molecule is CC(C)c1cccc2c1C(=O)N(C1CCC(=O)NC1=O)C2C.CF. The molecular formula is C18H23FN2O3. The first-order valence-electron chi connectivity index (χ1n) is 8.08. The number of imide groups is 1. The van der Waals surface area contributed by atoms with E-state index < -0.39 is 6.04 Å². The van der Waals surface area contributed by atoms with Gasteiger partial charge in [0, 0.05) is 12.0 Å². The number of nitrogens with one attached hydrogen (secondary N) is 1. The van der Waals surface area contributed by atoms with Crippen molar-refractivity contribution in [3.8, 4) is 0 Å². The van der Waals surface area contributed by atoms with E-state index in [4.69, 9.17) is 0 Å². The molecule has 6 heteroatoms. The van der Waals surface area contributed by atoms with E-state index in [9.17, 15) is 18.8 Å². The molecule has 0 aliphatic carbocycles. The minimum atomic E-state index is -0.562. The number of rotatable bonds is 2. The van der Waals surface area contributed by atoms with Crippen LogP contribution in [-0.2, 0) is 9.59 Å². The molecule has 1 aromatic rings. The lowest BCUT2D eigenvalue weighted by atomic mass is 9.93. The first kappa shape index (κ1) is 18.1. The van der Waals surface area contributed by atoms with Crippen LogP contribution in [0.3, 0.4) is 0 Å². The Bertz CT molecular complexity index is 672. The zero-order valence-corrected chi connectivity index (χ0v) is 14.4. The molecular weight excluding hydrogens is 311 g/mol. The van der Waals surface area contributed by atoms with Gasteiger partial charge < -0.3 is 4.90 Å². The number of hydrogen-bond donors (Lipinski definition) is 1. The van der Waals surface area contributed by atoms with E-state index in [-0.39, 0.29) is 36.1 Å². The van der Waals surface area contributed by atoms with Gasteiger partial charge in [0.2, 0.25) is 11.8 Å². The second-order valence-electron chi connectivity index (χ2n) is 6.32. The van der Waals surface area contributed by atoms with Crippen molar-refractivity contribution < 1.29 is 18.8 Å². The molecule has 2 aliphatic rings. The fourth-order valence-corrected chi connectivity index (χ4v) is 3.48. The Hall–Kier alpha value is -2.24. The first-order chi connectivity index (χ1) is 11.4. The van der Waals surface area contributed by atoms with Crippen molar-refractivity contribution in [2.75, 3.05) is 7.18 Å². The van der Waals surface area contributed by atoms with E-state index >= 15 is 0 Å². The summed E-state index contributed by atoms with van der Waals surface area (Å²) < 4.78 is 9.50. The number of amides is 3. The molecule has 0 aromatic heterocycles. The summed E-state index contributed by atoms with van der Waals surface area (Å²) in [5.41, 5.74) is 2.72. The fraction of sp³-hybridized carbons (Fsp3) is 0.500. The predicted molar refractivity (Wildman–Crippen MR) is 88.3 cm³/mol. The van der Waals surface area contributed by atoms with Gasteiger partial charge in [0.25, 0.3) is 5.91 Å². The van der Waals surface area contributed by atoms with Crippen LogP contribution in [0.4, 0.5) is 4.39 Å². The van der Waals surface area contributed by atoms with Gasteiger partial charge in [-0.3, -0.25) is 24.1 Å². The number of nitrogens with zero attached hydrogens (tertiary/aromatic N) is 1. The zero-order chi connectivity index (χ0) is 18.0.